The minimum absolute atomic E-state index is 0. The zero-order chi connectivity index (χ0) is 11.8. The third-order valence-corrected chi connectivity index (χ3v) is 3.79. The van der Waals surface area contributed by atoms with Crippen LogP contribution in [0.2, 0.25) is 0 Å². The molecule has 2 heterocycles. The van der Waals surface area contributed by atoms with E-state index in [4.69, 9.17) is 5.73 Å². The highest BCUT2D eigenvalue weighted by molar-refractivity contribution is 5.85. The summed E-state index contributed by atoms with van der Waals surface area (Å²) in [7, 11) is 0. The summed E-state index contributed by atoms with van der Waals surface area (Å²) in [6.45, 7) is 10.5. The van der Waals surface area contributed by atoms with E-state index in [0.29, 0.717) is 5.41 Å². The van der Waals surface area contributed by atoms with Crippen molar-refractivity contribution in [2.45, 2.75) is 33.7 Å². The van der Waals surface area contributed by atoms with Crippen molar-refractivity contribution in [1.29, 1.82) is 0 Å². The van der Waals surface area contributed by atoms with Crippen LogP contribution in [0, 0.1) is 19.3 Å². The lowest BCUT2D eigenvalue weighted by Crippen LogP contribution is -2.31. The van der Waals surface area contributed by atoms with Gasteiger partial charge in [-0.2, -0.15) is 5.10 Å². The molecule has 1 aromatic rings. The van der Waals surface area contributed by atoms with Crippen LogP contribution in [0.3, 0.4) is 0 Å². The van der Waals surface area contributed by atoms with Gasteiger partial charge in [-0.15, -0.1) is 12.4 Å². The van der Waals surface area contributed by atoms with Crippen LogP contribution in [-0.2, 0) is 6.54 Å². The zero-order valence-corrected chi connectivity index (χ0v) is 11.7. The van der Waals surface area contributed by atoms with Gasteiger partial charge in [0.1, 0.15) is 0 Å². The van der Waals surface area contributed by atoms with Gasteiger partial charge in [-0.05, 0) is 38.8 Å². The number of hydrogen-bond acceptors (Lipinski definition) is 3. The van der Waals surface area contributed by atoms with Gasteiger partial charge < -0.3 is 5.73 Å². The quantitative estimate of drug-likeness (QED) is 0.866. The molecule has 1 aliphatic rings. The number of nitrogens with two attached hydrogens (primary N) is 1. The smallest absolute Gasteiger partial charge is 0.0639 e. The van der Waals surface area contributed by atoms with E-state index in [-0.39, 0.29) is 12.4 Å². The van der Waals surface area contributed by atoms with Gasteiger partial charge in [0.15, 0.2) is 0 Å². The van der Waals surface area contributed by atoms with Crippen LogP contribution >= 0.6 is 12.4 Å². The average molecular weight is 259 g/mol. The maximum absolute atomic E-state index is 5.82. The summed E-state index contributed by atoms with van der Waals surface area (Å²) in [6, 6.07) is 0. The molecule has 3 N–H and O–H groups in total. The summed E-state index contributed by atoms with van der Waals surface area (Å²) >= 11 is 0. The number of nitrogens with one attached hydrogen (secondary N) is 1. The Morgan fingerprint density at radius 2 is 2.18 bits per heavy atom. The molecule has 17 heavy (non-hydrogen) atoms. The van der Waals surface area contributed by atoms with Crippen molar-refractivity contribution in [3.05, 3.63) is 17.0 Å². The molecule has 1 atom stereocenters. The zero-order valence-electron chi connectivity index (χ0n) is 10.9. The van der Waals surface area contributed by atoms with E-state index in [1.165, 1.54) is 17.7 Å². The van der Waals surface area contributed by atoms with Crippen molar-refractivity contribution in [3.8, 4) is 0 Å². The Balaban J connectivity index is 0.00000144. The second-order valence-corrected chi connectivity index (χ2v) is 5.39. The number of aromatic amines is 1. The Morgan fingerprint density at radius 1 is 1.47 bits per heavy atom. The molecule has 0 amide bonds. The van der Waals surface area contributed by atoms with Crippen LogP contribution in [0.5, 0.6) is 0 Å². The molecule has 0 spiro atoms. The van der Waals surface area contributed by atoms with E-state index in [1.807, 2.05) is 0 Å². The van der Waals surface area contributed by atoms with Crippen LogP contribution in [0.25, 0.3) is 0 Å². The fourth-order valence-corrected chi connectivity index (χ4v) is 2.46. The Kier molecular flexibility index (Phi) is 4.58. The summed E-state index contributed by atoms with van der Waals surface area (Å²) < 4.78 is 0. The first-order valence-corrected chi connectivity index (χ1v) is 5.97. The normalized spacial score (nSPS) is 24.9. The highest BCUT2D eigenvalue weighted by Gasteiger charge is 2.32. The number of halogens is 1. The third kappa shape index (κ3) is 3.00. The van der Waals surface area contributed by atoms with Gasteiger partial charge >= 0.3 is 0 Å². The minimum atomic E-state index is 0. The fourth-order valence-electron chi connectivity index (χ4n) is 2.46. The Morgan fingerprint density at radius 3 is 2.65 bits per heavy atom. The molecule has 0 aromatic carbocycles. The number of aryl methyl sites for hydroxylation is 2. The number of likely N-dealkylation sites (tertiary alicyclic amines) is 1. The van der Waals surface area contributed by atoms with Gasteiger partial charge in [-0.3, -0.25) is 10.00 Å². The molecule has 0 radical (unpaired) electrons. The maximum atomic E-state index is 5.82. The summed E-state index contributed by atoms with van der Waals surface area (Å²) in [5.74, 6) is 0. The molecule has 1 fully saturated rings. The minimum Gasteiger partial charge on any atom is -0.330 e. The molecule has 0 bridgehead atoms. The second-order valence-electron chi connectivity index (χ2n) is 5.39. The van der Waals surface area contributed by atoms with Crippen LogP contribution in [0.4, 0.5) is 0 Å². The largest absolute Gasteiger partial charge is 0.330 e. The monoisotopic (exact) mass is 258 g/mol. The Bertz CT molecular complexity index is 357. The molecule has 5 heteroatoms. The van der Waals surface area contributed by atoms with E-state index in [1.54, 1.807) is 0 Å². The van der Waals surface area contributed by atoms with Crippen molar-refractivity contribution in [2.24, 2.45) is 11.1 Å². The summed E-state index contributed by atoms with van der Waals surface area (Å²) in [4.78, 5) is 2.48. The van der Waals surface area contributed by atoms with Crippen molar-refractivity contribution >= 4 is 12.4 Å². The maximum Gasteiger partial charge on any atom is 0.0639 e. The number of aromatic nitrogens is 2. The van der Waals surface area contributed by atoms with Crippen LogP contribution in [0.15, 0.2) is 0 Å². The van der Waals surface area contributed by atoms with Crippen molar-refractivity contribution in [1.82, 2.24) is 15.1 Å². The van der Waals surface area contributed by atoms with Gasteiger partial charge in [0, 0.05) is 24.3 Å². The van der Waals surface area contributed by atoms with Crippen molar-refractivity contribution in [3.63, 3.8) is 0 Å². The van der Waals surface area contributed by atoms with Crippen molar-refractivity contribution in [2.75, 3.05) is 19.6 Å². The number of nitrogens with zero attached hydrogens (tertiary/aromatic N) is 2. The van der Waals surface area contributed by atoms with E-state index < -0.39 is 0 Å². The molecule has 1 aromatic heterocycles. The molecule has 0 aliphatic carbocycles. The Hall–Kier alpha value is -0.580. The molecule has 98 valence electrons. The van der Waals surface area contributed by atoms with E-state index in [2.05, 4.69) is 35.9 Å². The van der Waals surface area contributed by atoms with Gasteiger partial charge in [0.2, 0.25) is 0 Å². The van der Waals surface area contributed by atoms with Crippen molar-refractivity contribution < 1.29 is 0 Å². The lowest BCUT2D eigenvalue weighted by atomic mass is 9.90. The van der Waals surface area contributed by atoms with E-state index in [9.17, 15) is 0 Å². The average Bonchev–Trinajstić information content (AvgIpc) is 2.78. The first-order chi connectivity index (χ1) is 7.54. The molecule has 4 nitrogen and oxygen atoms in total. The van der Waals surface area contributed by atoms with E-state index in [0.717, 1.165) is 31.9 Å². The first kappa shape index (κ1) is 14.5. The highest BCUT2D eigenvalue weighted by atomic mass is 35.5. The number of hydrogen-bond donors (Lipinski definition) is 2. The van der Waals surface area contributed by atoms with Gasteiger partial charge in [-0.1, -0.05) is 6.92 Å². The summed E-state index contributed by atoms with van der Waals surface area (Å²) in [5.41, 5.74) is 9.80. The number of rotatable bonds is 3. The molecule has 1 aliphatic heterocycles. The highest BCUT2D eigenvalue weighted by Crippen LogP contribution is 2.30. The molecular formula is C12H23ClN4. The number of H-pyrrole nitrogens is 1. The van der Waals surface area contributed by atoms with Crippen LogP contribution in [-0.4, -0.2) is 34.7 Å². The van der Waals surface area contributed by atoms with Gasteiger partial charge in [0.25, 0.3) is 0 Å². The topological polar surface area (TPSA) is 57.9 Å². The Labute approximate surface area is 109 Å². The SMILES string of the molecule is Cc1n[nH]c(C)c1CN1CCC(C)(CN)C1.Cl. The predicted molar refractivity (Wildman–Crippen MR) is 72.4 cm³/mol. The van der Waals surface area contributed by atoms with Crippen LogP contribution in [0.1, 0.15) is 30.3 Å². The van der Waals surface area contributed by atoms with Gasteiger partial charge in [-0.25, -0.2) is 0 Å². The van der Waals surface area contributed by atoms with Crippen LogP contribution < -0.4 is 5.73 Å². The molecule has 1 saturated heterocycles. The molecule has 2 rings (SSSR count). The van der Waals surface area contributed by atoms with E-state index >= 15 is 0 Å². The predicted octanol–water partition coefficient (Wildman–Crippen LogP) is 1.62. The second kappa shape index (κ2) is 5.38. The summed E-state index contributed by atoms with van der Waals surface area (Å²) in [6.07, 6.45) is 1.21. The fraction of sp³-hybridized carbons (Fsp3) is 0.750. The third-order valence-electron chi connectivity index (χ3n) is 3.79. The lowest BCUT2D eigenvalue weighted by molar-refractivity contribution is 0.273. The molecular weight excluding hydrogens is 236 g/mol. The summed E-state index contributed by atoms with van der Waals surface area (Å²) in [5, 5.41) is 7.28. The lowest BCUT2D eigenvalue weighted by Gasteiger charge is -2.22. The standard InChI is InChI=1S/C12H22N4.ClH/c1-9-11(10(2)15-14-9)6-16-5-4-12(3,7-13)8-16;/h4-8,13H2,1-3H3,(H,14,15);1H. The molecule has 0 saturated carbocycles. The molecule has 1 unspecified atom stereocenters. The van der Waals surface area contributed by atoms with Gasteiger partial charge in [0.05, 0.1) is 5.69 Å². The first-order valence-electron chi connectivity index (χ1n) is 5.97.